The van der Waals surface area contributed by atoms with Crippen molar-refractivity contribution < 1.29 is 9.59 Å². The van der Waals surface area contributed by atoms with Gasteiger partial charge in [-0.15, -0.1) is 0 Å². The minimum atomic E-state index is -0.158. The fraction of sp³-hybridized carbons (Fsp3) is 0.300. The molecule has 0 spiro atoms. The Kier molecular flexibility index (Phi) is 6.26. The summed E-state index contributed by atoms with van der Waals surface area (Å²) >= 11 is 6.31. The molecule has 0 aromatic heterocycles. The van der Waals surface area contributed by atoms with Crippen LogP contribution in [0.15, 0.2) is 54.6 Å². The number of carbonyl (C=O) groups is 2. The van der Waals surface area contributed by atoms with Crippen molar-refractivity contribution >= 4 is 23.4 Å². The standard InChI is InChI=1S/C20H22ClN3O2/c21-17-9-5-4-8-16(17)18-13-22-10-11-24(18)20(26)14-23-19(25)12-15-6-2-1-3-7-15/h1-9,18,22H,10-14H2,(H,23,25). The molecule has 136 valence electrons. The maximum atomic E-state index is 12.7. The Balaban J connectivity index is 1.60. The summed E-state index contributed by atoms with van der Waals surface area (Å²) < 4.78 is 0. The second-order valence-electron chi connectivity index (χ2n) is 6.27. The normalized spacial score (nSPS) is 17.0. The van der Waals surface area contributed by atoms with Crippen LogP contribution in [-0.2, 0) is 16.0 Å². The summed E-state index contributed by atoms with van der Waals surface area (Å²) in [6.45, 7) is 1.95. The first kappa shape index (κ1) is 18.4. The third-order valence-corrected chi connectivity index (χ3v) is 4.82. The Morgan fingerprint density at radius 1 is 1.12 bits per heavy atom. The maximum Gasteiger partial charge on any atom is 0.242 e. The molecule has 1 aliphatic rings. The maximum absolute atomic E-state index is 12.7. The minimum absolute atomic E-state index is 0.00732. The Morgan fingerprint density at radius 2 is 1.85 bits per heavy atom. The van der Waals surface area contributed by atoms with Crippen molar-refractivity contribution in [1.82, 2.24) is 15.5 Å². The van der Waals surface area contributed by atoms with Crippen LogP contribution in [0.2, 0.25) is 5.02 Å². The van der Waals surface area contributed by atoms with Crippen molar-refractivity contribution in [2.45, 2.75) is 12.5 Å². The van der Waals surface area contributed by atoms with Crippen molar-refractivity contribution in [2.75, 3.05) is 26.2 Å². The summed E-state index contributed by atoms with van der Waals surface area (Å²) in [5.41, 5.74) is 1.85. The summed E-state index contributed by atoms with van der Waals surface area (Å²) in [5.74, 6) is -0.258. The van der Waals surface area contributed by atoms with Crippen LogP contribution >= 0.6 is 11.6 Å². The molecule has 3 rings (SSSR count). The number of hydrogen-bond donors (Lipinski definition) is 2. The molecule has 0 saturated carbocycles. The van der Waals surface area contributed by atoms with E-state index in [1.807, 2.05) is 54.6 Å². The zero-order valence-corrected chi connectivity index (χ0v) is 15.2. The highest BCUT2D eigenvalue weighted by Gasteiger charge is 2.29. The minimum Gasteiger partial charge on any atom is -0.347 e. The van der Waals surface area contributed by atoms with Gasteiger partial charge >= 0.3 is 0 Å². The van der Waals surface area contributed by atoms with Crippen molar-refractivity contribution in [3.05, 3.63) is 70.7 Å². The average Bonchev–Trinajstić information content (AvgIpc) is 2.67. The van der Waals surface area contributed by atoms with E-state index in [1.54, 1.807) is 4.90 Å². The van der Waals surface area contributed by atoms with Gasteiger partial charge in [-0.1, -0.05) is 60.1 Å². The Bertz CT molecular complexity index is 767. The van der Waals surface area contributed by atoms with Gasteiger partial charge in [0.05, 0.1) is 19.0 Å². The van der Waals surface area contributed by atoms with Crippen LogP contribution in [-0.4, -0.2) is 42.9 Å². The predicted molar refractivity (Wildman–Crippen MR) is 102 cm³/mol. The van der Waals surface area contributed by atoms with E-state index < -0.39 is 0 Å². The molecule has 1 atom stereocenters. The van der Waals surface area contributed by atoms with Crippen LogP contribution in [0.3, 0.4) is 0 Å². The van der Waals surface area contributed by atoms with Crippen LogP contribution in [0.1, 0.15) is 17.2 Å². The van der Waals surface area contributed by atoms with Crippen molar-refractivity contribution in [3.63, 3.8) is 0 Å². The molecule has 2 amide bonds. The molecule has 2 aromatic carbocycles. The van der Waals surface area contributed by atoms with Gasteiger partial charge in [0.2, 0.25) is 11.8 Å². The van der Waals surface area contributed by atoms with Gasteiger partial charge in [0, 0.05) is 24.7 Å². The number of benzene rings is 2. The van der Waals surface area contributed by atoms with E-state index in [1.165, 1.54) is 0 Å². The quantitative estimate of drug-likeness (QED) is 0.846. The van der Waals surface area contributed by atoms with E-state index >= 15 is 0 Å². The molecule has 1 heterocycles. The lowest BCUT2D eigenvalue weighted by atomic mass is 10.0. The summed E-state index contributed by atoms with van der Waals surface area (Å²) in [7, 11) is 0. The third-order valence-electron chi connectivity index (χ3n) is 4.47. The predicted octanol–water partition coefficient (Wildman–Crippen LogP) is 2.17. The highest BCUT2D eigenvalue weighted by Crippen LogP contribution is 2.28. The molecule has 0 aliphatic carbocycles. The number of nitrogens with one attached hydrogen (secondary N) is 2. The molecule has 0 radical (unpaired) electrons. The summed E-state index contributed by atoms with van der Waals surface area (Å²) in [6, 6.07) is 16.9. The molecule has 6 heteroatoms. The highest BCUT2D eigenvalue weighted by atomic mass is 35.5. The number of halogens is 1. The zero-order valence-electron chi connectivity index (χ0n) is 14.5. The van der Waals surface area contributed by atoms with Crippen LogP contribution in [0.4, 0.5) is 0 Å². The number of piperazine rings is 1. The first-order chi connectivity index (χ1) is 12.6. The van der Waals surface area contributed by atoms with E-state index in [-0.39, 0.29) is 30.8 Å². The number of hydrogen-bond acceptors (Lipinski definition) is 3. The van der Waals surface area contributed by atoms with Gasteiger partial charge in [0.25, 0.3) is 0 Å². The van der Waals surface area contributed by atoms with Gasteiger partial charge in [-0.25, -0.2) is 0 Å². The summed E-state index contributed by atoms with van der Waals surface area (Å²) in [6.07, 6.45) is 0.267. The lowest BCUT2D eigenvalue weighted by Gasteiger charge is -2.37. The van der Waals surface area contributed by atoms with Crippen LogP contribution < -0.4 is 10.6 Å². The summed E-state index contributed by atoms with van der Waals surface area (Å²) in [5, 5.41) is 6.68. The molecular weight excluding hydrogens is 350 g/mol. The van der Waals surface area contributed by atoms with Gasteiger partial charge in [-0.3, -0.25) is 9.59 Å². The average molecular weight is 372 g/mol. The van der Waals surface area contributed by atoms with Gasteiger partial charge in [-0.05, 0) is 17.2 Å². The molecule has 1 saturated heterocycles. The van der Waals surface area contributed by atoms with E-state index in [0.717, 1.165) is 17.7 Å². The molecule has 26 heavy (non-hydrogen) atoms. The van der Waals surface area contributed by atoms with E-state index in [4.69, 9.17) is 11.6 Å². The van der Waals surface area contributed by atoms with Crippen molar-refractivity contribution in [1.29, 1.82) is 0 Å². The van der Waals surface area contributed by atoms with Crippen molar-refractivity contribution in [2.24, 2.45) is 0 Å². The number of nitrogens with zero attached hydrogens (tertiary/aromatic N) is 1. The highest BCUT2D eigenvalue weighted by molar-refractivity contribution is 6.31. The third kappa shape index (κ3) is 4.62. The second kappa shape index (κ2) is 8.83. The fourth-order valence-electron chi connectivity index (χ4n) is 3.15. The van der Waals surface area contributed by atoms with Crippen LogP contribution in [0, 0.1) is 0 Å². The molecule has 2 aromatic rings. The van der Waals surface area contributed by atoms with Gasteiger partial charge < -0.3 is 15.5 Å². The molecular formula is C20H22ClN3O2. The Morgan fingerprint density at radius 3 is 2.62 bits per heavy atom. The smallest absolute Gasteiger partial charge is 0.242 e. The number of carbonyl (C=O) groups excluding carboxylic acids is 2. The van der Waals surface area contributed by atoms with E-state index in [2.05, 4.69) is 10.6 Å². The first-order valence-electron chi connectivity index (χ1n) is 8.70. The summed E-state index contributed by atoms with van der Waals surface area (Å²) in [4.78, 5) is 26.6. The molecule has 1 aliphatic heterocycles. The van der Waals surface area contributed by atoms with Crippen molar-refractivity contribution in [3.8, 4) is 0 Å². The zero-order chi connectivity index (χ0) is 18.4. The molecule has 2 N–H and O–H groups in total. The molecule has 1 unspecified atom stereocenters. The molecule has 1 fully saturated rings. The molecule has 5 nitrogen and oxygen atoms in total. The monoisotopic (exact) mass is 371 g/mol. The number of rotatable bonds is 5. The SMILES string of the molecule is O=C(Cc1ccccc1)NCC(=O)N1CCNCC1c1ccccc1Cl. The topological polar surface area (TPSA) is 61.4 Å². The van der Waals surface area contributed by atoms with Gasteiger partial charge in [-0.2, -0.15) is 0 Å². The van der Waals surface area contributed by atoms with Crippen LogP contribution in [0.5, 0.6) is 0 Å². The lowest BCUT2D eigenvalue weighted by molar-refractivity contribution is -0.135. The van der Waals surface area contributed by atoms with E-state index in [0.29, 0.717) is 18.1 Å². The first-order valence-corrected chi connectivity index (χ1v) is 9.08. The van der Waals surface area contributed by atoms with Gasteiger partial charge in [0.1, 0.15) is 0 Å². The fourth-order valence-corrected chi connectivity index (χ4v) is 3.41. The lowest BCUT2D eigenvalue weighted by Crippen LogP contribution is -2.51. The van der Waals surface area contributed by atoms with Gasteiger partial charge in [0.15, 0.2) is 0 Å². The van der Waals surface area contributed by atoms with E-state index in [9.17, 15) is 9.59 Å². The Labute approximate surface area is 158 Å². The molecule has 0 bridgehead atoms. The Hall–Kier alpha value is -2.37. The van der Waals surface area contributed by atoms with Crippen LogP contribution in [0.25, 0.3) is 0 Å². The second-order valence-corrected chi connectivity index (χ2v) is 6.67. The largest absolute Gasteiger partial charge is 0.347 e. The number of amides is 2.